The lowest BCUT2D eigenvalue weighted by atomic mass is 10.1. The highest BCUT2D eigenvalue weighted by molar-refractivity contribution is 5.57. The number of rotatable bonds is 2. The Kier molecular flexibility index (Phi) is 3.65. The summed E-state index contributed by atoms with van der Waals surface area (Å²) in [6.07, 6.45) is -2.48. The summed E-state index contributed by atoms with van der Waals surface area (Å²) in [5.41, 5.74) is -0.496. The number of alkyl halides is 3. The number of phenolic OH excluding ortho intramolecular Hbond substituents is 1. The number of benzene rings is 1. The SMILES string of the molecule is Oc1cc(C(F)(F)F)ccc1NC1CCCNC1. The summed E-state index contributed by atoms with van der Waals surface area (Å²) in [5.74, 6) is -0.365. The summed E-state index contributed by atoms with van der Waals surface area (Å²) in [6, 6.07) is 3.13. The second kappa shape index (κ2) is 5.06. The molecule has 100 valence electrons. The summed E-state index contributed by atoms with van der Waals surface area (Å²) >= 11 is 0. The molecule has 2 rings (SSSR count). The van der Waals surface area contributed by atoms with E-state index in [1.807, 2.05) is 0 Å². The summed E-state index contributed by atoms with van der Waals surface area (Å²) in [6.45, 7) is 1.71. The van der Waals surface area contributed by atoms with Crippen molar-refractivity contribution in [2.24, 2.45) is 0 Å². The van der Waals surface area contributed by atoms with Crippen molar-refractivity contribution in [2.75, 3.05) is 18.4 Å². The van der Waals surface area contributed by atoms with Gasteiger partial charge in [0.25, 0.3) is 0 Å². The van der Waals surface area contributed by atoms with E-state index in [0.717, 1.165) is 38.1 Å². The molecule has 0 bridgehead atoms. The van der Waals surface area contributed by atoms with Crippen molar-refractivity contribution in [3.63, 3.8) is 0 Å². The minimum absolute atomic E-state index is 0.140. The monoisotopic (exact) mass is 260 g/mol. The van der Waals surface area contributed by atoms with Crippen LogP contribution in [-0.4, -0.2) is 24.2 Å². The number of piperidine rings is 1. The molecule has 1 aliphatic heterocycles. The number of anilines is 1. The van der Waals surface area contributed by atoms with Crippen molar-refractivity contribution in [3.05, 3.63) is 23.8 Å². The standard InChI is InChI=1S/C12H15F3N2O/c13-12(14,15)8-3-4-10(11(18)6-8)17-9-2-1-5-16-7-9/h3-4,6,9,16-18H,1-2,5,7H2. The molecule has 6 heteroatoms. The molecule has 0 saturated carbocycles. The van der Waals surface area contributed by atoms with E-state index in [2.05, 4.69) is 10.6 Å². The van der Waals surface area contributed by atoms with Crippen molar-refractivity contribution in [1.82, 2.24) is 5.32 Å². The Morgan fingerprint density at radius 2 is 2.11 bits per heavy atom. The van der Waals surface area contributed by atoms with Crippen LogP contribution in [0.2, 0.25) is 0 Å². The molecule has 0 aromatic heterocycles. The first-order chi connectivity index (χ1) is 8.47. The minimum atomic E-state index is -4.43. The lowest BCUT2D eigenvalue weighted by Gasteiger charge is -2.25. The van der Waals surface area contributed by atoms with E-state index in [9.17, 15) is 18.3 Å². The van der Waals surface area contributed by atoms with Crippen LogP contribution in [0.25, 0.3) is 0 Å². The van der Waals surface area contributed by atoms with Crippen molar-refractivity contribution < 1.29 is 18.3 Å². The number of nitrogens with one attached hydrogen (secondary N) is 2. The largest absolute Gasteiger partial charge is 0.506 e. The molecule has 1 aliphatic rings. The number of phenols is 1. The van der Waals surface area contributed by atoms with Gasteiger partial charge in [-0.2, -0.15) is 13.2 Å². The topological polar surface area (TPSA) is 44.3 Å². The molecule has 1 fully saturated rings. The zero-order chi connectivity index (χ0) is 13.2. The highest BCUT2D eigenvalue weighted by Crippen LogP contribution is 2.34. The summed E-state index contributed by atoms with van der Waals surface area (Å²) in [5, 5.41) is 15.8. The van der Waals surface area contributed by atoms with Gasteiger partial charge in [0.2, 0.25) is 0 Å². The van der Waals surface area contributed by atoms with Crippen LogP contribution in [-0.2, 0) is 6.18 Å². The molecule has 0 aliphatic carbocycles. The van der Waals surface area contributed by atoms with E-state index in [4.69, 9.17) is 0 Å². The Labute approximate surface area is 103 Å². The Hall–Kier alpha value is -1.43. The van der Waals surface area contributed by atoms with Gasteiger partial charge in [-0.25, -0.2) is 0 Å². The third-order valence-corrected chi connectivity index (χ3v) is 2.98. The lowest BCUT2D eigenvalue weighted by molar-refractivity contribution is -0.137. The number of hydrogen-bond donors (Lipinski definition) is 3. The maximum atomic E-state index is 12.4. The van der Waals surface area contributed by atoms with E-state index < -0.39 is 11.7 Å². The normalized spacial score (nSPS) is 20.7. The molecule has 1 saturated heterocycles. The smallest absolute Gasteiger partial charge is 0.416 e. The lowest BCUT2D eigenvalue weighted by Crippen LogP contribution is -2.38. The van der Waals surface area contributed by atoms with E-state index >= 15 is 0 Å². The Morgan fingerprint density at radius 1 is 1.33 bits per heavy atom. The fourth-order valence-electron chi connectivity index (χ4n) is 2.02. The summed E-state index contributed by atoms with van der Waals surface area (Å²) < 4.78 is 37.2. The molecule has 1 atom stereocenters. The molecule has 3 nitrogen and oxygen atoms in total. The van der Waals surface area contributed by atoms with Gasteiger partial charge in [-0.1, -0.05) is 0 Å². The summed E-state index contributed by atoms with van der Waals surface area (Å²) in [4.78, 5) is 0. The van der Waals surface area contributed by atoms with Crippen LogP contribution >= 0.6 is 0 Å². The van der Waals surface area contributed by atoms with Crippen molar-refractivity contribution in [2.45, 2.75) is 25.1 Å². The van der Waals surface area contributed by atoms with Gasteiger partial charge in [0.05, 0.1) is 11.3 Å². The van der Waals surface area contributed by atoms with E-state index in [1.54, 1.807) is 0 Å². The maximum absolute atomic E-state index is 12.4. The fraction of sp³-hybridized carbons (Fsp3) is 0.500. The highest BCUT2D eigenvalue weighted by atomic mass is 19.4. The second-order valence-electron chi connectivity index (χ2n) is 4.42. The Balaban J connectivity index is 2.09. The van der Waals surface area contributed by atoms with Gasteiger partial charge in [-0.3, -0.25) is 0 Å². The molecule has 1 heterocycles. The Morgan fingerprint density at radius 3 is 2.67 bits per heavy atom. The first-order valence-corrected chi connectivity index (χ1v) is 5.84. The third kappa shape index (κ3) is 3.07. The second-order valence-corrected chi connectivity index (χ2v) is 4.42. The first kappa shape index (κ1) is 13.0. The molecule has 0 spiro atoms. The fourth-order valence-corrected chi connectivity index (χ4v) is 2.02. The molecule has 1 unspecified atom stereocenters. The Bertz CT molecular complexity index is 414. The van der Waals surface area contributed by atoms with Crippen molar-refractivity contribution in [3.8, 4) is 5.75 Å². The van der Waals surface area contributed by atoms with E-state index in [0.29, 0.717) is 5.69 Å². The van der Waals surface area contributed by atoms with Crippen LogP contribution in [0.15, 0.2) is 18.2 Å². The predicted octanol–water partition coefficient (Wildman–Crippen LogP) is 2.57. The molecule has 18 heavy (non-hydrogen) atoms. The average molecular weight is 260 g/mol. The van der Waals surface area contributed by atoms with Crippen LogP contribution < -0.4 is 10.6 Å². The van der Waals surface area contributed by atoms with Crippen LogP contribution in [0, 0.1) is 0 Å². The first-order valence-electron chi connectivity index (χ1n) is 5.84. The van der Waals surface area contributed by atoms with Crippen LogP contribution in [0.3, 0.4) is 0 Å². The third-order valence-electron chi connectivity index (χ3n) is 2.98. The highest BCUT2D eigenvalue weighted by Gasteiger charge is 2.31. The number of halogens is 3. The molecule has 1 aromatic carbocycles. The van der Waals surface area contributed by atoms with Crippen molar-refractivity contribution >= 4 is 5.69 Å². The van der Waals surface area contributed by atoms with E-state index in [1.165, 1.54) is 6.07 Å². The molecular weight excluding hydrogens is 245 g/mol. The van der Waals surface area contributed by atoms with Crippen LogP contribution in [0.1, 0.15) is 18.4 Å². The van der Waals surface area contributed by atoms with Gasteiger partial charge < -0.3 is 15.7 Å². The van der Waals surface area contributed by atoms with E-state index in [-0.39, 0.29) is 11.8 Å². The molecule has 0 radical (unpaired) electrons. The van der Waals surface area contributed by atoms with Gasteiger partial charge in [0.15, 0.2) is 0 Å². The summed E-state index contributed by atoms with van der Waals surface area (Å²) in [7, 11) is 0. The molecular formula is C12H15F3N2O. The predicted molar refractivity (Wildman–Crippen MR) is 62.6 cm³/mol. The number of aromatic hydroxyl groups is 1. The quantitative estimate of drug-likeness (QED) is 0.716. The van der Waals surface area contributed by atoms with Crippen LogP contribution in [0.5, 0.6) is 5.75 Å². The minimum Gasteiger partial charge on any atom is -0.506 e. The molecule has 1 aromatic rings. The van der Waals surface area contributed by atoms with Gasteiger partial charge in [0, 0.05) is 12.6 Å². The zero-order valence-electron chi connectivity index (χ0n) is 9.72. The maximum Gasteiger partial charge on any atom is 0.416 e. The van der Waals surface area contributed by atoms with Gasteiger partial charge in [-0.05, 0) is 37.6 Å². The van der Waals surface area contributed by atoms with Gasteiger partial charge in [-0.15, -0.1) is 0 Å². The van der Waals surface area contributed by atoms with Crippen LogP contribution in [0.4, 0.5) is 18.9 Å². The molecule has 3 N–H and O–H groups in total. The zero-order valence-corrected chi connectivity index (χ0v) is 9.72. The van der Waals surface area contributed by atoms with Crippen molar-refractivity contribution in [1.29, 1.82) is 0 Å². The average Bonchev–Trinajstić information content (AvgIpc) is 2.32. The van der Waals surface area contributed by atoms with Gasteiger partial charge in [0.1, 0.15) is 5.75 Å². The van der Waals surface area contributed by atoms with Gasteiger partial charge >= 0.3 is 6.18 Å². The number of hydrogen-bond acceptors (Lipinski definition) is 3. The molecule has 0 amide bonds.